The number of aromatic nitrogens is 4. The molecule has 0 aliphatic heterocycles. The molecule has 130 valence electrons. The summed E-state index contributed by atoms with van der Waals surface area (Å²) in [7, 11) is 0. The summed E-state index contributed by atoms with van der Waals surface area (Å²) in [5.41, 5.74) is 0.570. The second kappa shape index (κ2) is 8.69. The van der Waals surface area contributed by atoms with Crippen molar-refractivity contribution in [3.8, 4) is 0 Å². The largest absolute Gasteiger partial charge is 0.466 e. The average molecular weight is 369 g/mol. The summed E-state index contributed by atoms with van der Waals surface area (Å²) in [6.07, 6.45) is 1.74. The summed E-state index contributed by atoms with van der Waals surface area (Å²) >= 11 is 6.41. The minimum absolute atomic E-state index is 0.0669. The summed E-state index contributed by atoms with van der Waals surface area (Å²) in [5, 5.41) is 11.7. The van der Waals surface area contributed by atoms with Crippen molar-refractivity contribution in [3.05, 3.63) is 21.7 Å². The lowest BCUT2D eigenvalue weighted by atomic mass is 10.3. The lowest BCUT2D eigenvalue weighted by molar-refractivity contribution is -0.142. The molecular formula is C14H19N5O3S2. The molecule has 2 heterocycles. The van der Waals surface area contributed by atoms with Crippen LogP contribution in [-0.2, 0) is 33.7 Å². The topological polar surface area (TPSA) is 102 Å². The molecule has 24 heavy (non-hydrogen) atoms. The Balaban J connectivity index is 1.96. The third-order valence-electron chi connectivity index (χ3n) is 3.04. The Morgan fingerprint density at radius 3 is 2.96 bits per heavy atom. The SMILES string of the molecule is CCCc1n[nH]c(=S)n1CC(=O)Nc1nc(CC(=O)OCC)cs1. The third-order valence-corrected chi connectivity index (χ3v) is 4.16. The standard InChI is InChI=1S/C14H19N5O3S2/c1-3-5-10-17-18-14(23)19(10)7-11(20)16-13-15-9(8-24-13)6-12(21)22-4-2/h8H,3-7H2,1-2H3,(H,18,23)(H,15,16,20). The van der Waals surface area contributed by atoms with Crippen molar-refractivity contribution in [3.63, 3.8) is 0 Å². The van der Waals surface area contributed by atoms with Crippen LogP contribution >= 0.6 is 23.6 Å². The lowest BCUT2D eigenvalue weighted by Crippen LogP contribution is -2.20. The fraction of sp³-hybridized carbons (Fsp3) is 0.500. The molecular weight excluding hydrogens is 350 g/mol. The van der Waals surface area contributed by atoms with Crippen molar-refractivity contribution < 1.29 is 14.3 Å². The van der Waals surface area contributed by atoms with Gasteiger partial charge in [0.2, 0.25) is 5.91 Å². The van der Waals surface area contributed by atoms with E-state index in [1.807, 2.05) is 6.92 Å². The number of H-pyrrole nitrogens is 1. The molecule has 2 rings (SSSR count). The summed E-state index contributed by atoms with van der Waals surface area (Å²) in [5.74, 6) is 0.163. The van der Waals surface area contributed by atoms with Gasteiger partial charge in [0.15, 0.2) is 9.90 Å². The molecule has 0 fully saturated rings. The van der Waals surface area contributed by atoms with Crippen molar-refractivity contribution in [1.82, 2.24) is 19.7 Å². The molecule has 0 aliphatic rings. The monoisotopic (exact) mass is 369 g/mol. The van der Waals surface area contributed by atoms with Gasteiger partial charge in [-0.05, 0) is 25.6 Å². The molecule has 1 amide bonds. The van der Waals surface area contributed by atoms with Gasteiger partial charge in [-0.25, -0.2) is 4.98 Å². The molecule has 2 N–H and O–H groups in total. The molecule has 2 aromatic rings. The summed E-state index contributed by atoms with van der Waals surface area (Å²) in [4.78, 5) is 27.8. The molecule has 2 aromatic heterocycles. The molecule has 0 radical (unpaired) electrons. The highest BCUT2D eigenvalue weighted by molar-refractivity contribution is 7.71. The number of ether oxygens (including phenoxy) is 1. The Kier molecular flexibility index (Phi) is 6.62. The first kappa shape index (κ1) is 18.3. The number of aryl methyl sites for hydroxylation is 1. The fourth-order valence-electron chi connectivity index (χ4n) is 2.04. The van der Waals surface area contributed by atoms with Crippen LogP contribution in [0.15, 0.2) is 5.38 Å². The Bertz CT molecular complexity index is 765. The Hall–Kier alpha value is -2.07. The number of hydrogen-bond donors (Lipinski definition) is 2. The second-order valence-electron chi connectivity index (χ2n) is 4.96. The number of nitrogens with zero attached hydrogens (tertiary/aromatic N) is 3. The van der Waals surface area contributed by atoms with Gasteiger partial charge in [0.05, 0.1) is 18.7 Å². The maximum absolute atomic E-state index is 12.2. The van der Waals surface area contributed by atoms with Gasteiger partial charge >= 0.3 is 5.97 Å². The van der Waals surface area contributed by atoms with E-state index < -0.39 is 0 Å². The number of nitrogens with one attached hydrogen (secondary N) is 2. The Morgan fingerprint density at radius 1 is 1.46 bits per heavy atom. The predicted octanol–water partition coefficient (Wildman–Crippen LogP) is 2.09. The maximum Gasteiger partial charge on any atom is 0.311 e. The number of anilines is 1. The van der Waals surface area contributed by atoms with Crippen LogP contribution in [0.1, 0.15) is 31.8 Å². The van der Waals surface area contributed by atoms with Crippen LogP contribution in [-0.4, -0.2) is 38.2 Å². The van der Waals surface area contributed by atoms with Crippen LogP contribution in [0.5, 0.6) is 0 Å². The van der Waals surface area contributed by atoms with Crippen LogP contribution < -0.4 is 5.32 Å². The first-order chi connectivity index (χ1) is 11.5. The minimum Gasteiger partial charge on any atom is -0.466 e. The van der Waals surface area contributed by atoms with E-state index in [1.54, 1.807) is 16.9 Å². The fourth-order valence-corrected chi connectivity index (χ4v) is 2.98. The molecule has 10 heteroatoms. The van der Waals surface area contributed by atoms with E-state index in [0.29, 0.717) is 22.2 Å². The zero-order valence-electron chi connectivity index (χ0n) is 13.5. The number of aromatic amines is 1. The number of carbonyl (C=O) groups is 2. The lowest BCUT2D eigenvalue weighted by Gasteiger charge is -2.05. The molecule has 0 aromatic carbocycles. The van der Waals surface area contributed by atoms with Crippen molar-refractivity contribution in [2.75, 3.05) is 11.9 Å². The Labute approximate surface area is 148 Å². The predicted molar refractivity (Wildman–Crippen MR) is 92.5 cm³/mol. The zero-order chi connectivity index (χ0) is 17.5. The van der Waals surface area contributed by atoms with E-state index in [4.69, 9.17) is 17.0 Å². The second-order valence-corrected chi connectivity index (χ2v) is 6.20. The maximum atomic E-state index is 12.2. The van der Waals surface area contributed by atoms with Crippen molar-refractivity contribution in [1.29, 1.82) is 0 Å². The molecule has 8 nitrogen and oxygen atoms in total. The normalized spacial score (nSPS) is 10.6. The summed E-state index contributed by atoms with van der Waals surface area (Å²) < 4.78 is 6.95. The van der Waals surface area contributed by atoms with Crippen LogP contribution in [0.3, 0.4) is 0 Å². The molecule has 0 atom stereocenters. The zero-order valence-corrected chi connectivity index (χ0v) is 15.1. The van der Waals surface area contributed by atoms with E-state index in [1.165, 1.54) is 11.3 Å². The van der Waals surface area contributed by atoms with Gasteiger partial charge < -0.3 is 10.1 Å². The highest BCUT2D eigenvalue weighted by Crippen LogP contribution is 2.16. The number of carbonyl (C=O) groups excluding carboxylic acids is 2. The van der Waals surface area contributed by atoms with Gasteiger partial charge in [-0.1, -0.05) is 6.92 Å². The molecule has 0 saturated carbocycles. The van der Waals surface area contributed by atoms with Gasteiger partial charge in [-0.3, -0.25) is 19.3 Å². The highest BCUT2D eigenvalue weighted by atomic mass is 32.1. The molecule has 0 unspecified atom stereocenters. The Morgan fingerprint density at radius 2 is 2.25 bits per heavy atom. The first-order valence-corrected chi connectivity index (χ1v) is 8.86. The van der Waals surface area contributed by atoms with Gasteiger partial charge in [0, 0.05) is 11.8 Å². The molecule has 0 saturated heterocycles. The van der Waals surface area contributed by atoms with Crippen LogP contribution in [0, 0.1) is 4.77 Å². The van der Waals surface area contributed by atoms with Gasteiger partial charge in [0.1, 0.15) is 12.4 Å². The quantitative estimate of drug-likeness (QED) is 0.546. The first-order valence-electron chi connectivity index (χ1n) is 7.57. The van der Waals surface area contributed by atoms with Gasteiger partial charge in [-0.2, -0.15) is 5.10 Å². The van der Waals surface area contributed by atoms with E-state index in [2.05, 4.69) is 20.5 Å². The molecule has 0 aliphatic carbocycles. The summed E-state index contributed by atoms with van der Waals surface area (Å²) in [6.45, 7) is 4.18. The van der Waals surface area contributed by atoms with Gasteiger partial charge in [-0.15, -0.1) is 11.3 Å². The molecule has 0 spiro atoms. The van der Waals surface area contributed by atoms with E-state index in [9.17, 15) is 9.59 Å². The minimum atomic E-state index is -0.338. The smallest absolute Gasteiger partial charge is 0.311 e. The van der Waals surface area contributed by atoms with E-state index >= 15 is 0 Å². The number of esters is 1. The molecule has 0 bridgehead atoms. The summed E-state index contributed by atoms with van der Waals surface area (Å²) in [6, 6.07) is 0. The van der Waals surface area contributed by atoms with E-state index in [0.717, 1.165) is 18.7 Å². The van der Waals surface area contributed by atoms with Crippen molar-refractivity contribution in [2.24, 2.45) is 0 Å². The highest BCUT2D eigenvalue weighted by Gasteiger charge is 2.13. The van der Waals surface area contributed by atoms with Crippen molar-refractivity contribution >= 4 is 40.6 Å². The number of amides is 1. The van der Waals surface area contributed by atoms with Crippen LogP contribution in [0.4, 0.5) is 5.13 Å². The average Bonchev–Trinajstić information content (AvgIpc) is 3.09. The van der Waals surface area contributed by atoms with E-state index in [-0.39, 0.29) is 24.8 Å². The van der Waals surface area contributed by atoms with Crippen LogP contribution in [0.25, 0.3) is 0 Å². The van der Waals surface area contributed by atoms with Gasteiger partial charge in [0.25, 0.3) is 0 Å². The number of thiazole rings is 1. The van der Waals surface area contributed by atoms with Crippen LogP contribution in [0.2, 0.25) is 0 Å². The number of hydrogen-bond acceptors (Lipinski definition) is 7. The van der Waals surface area contributed by atoms with Crippen molar-refractivity contribution in [2.45, 2.75) is 39.7 Å². The number of rotatable bonds is 8. The third kappa shape index (κ3) is 4.96.